The third kappa shape index (κ3) is 3.07. The second kappa shape index (κ2) is 7.33. The van der Waals surface area contributed by atoms with Gasteiger partial charge in [-0.05, 0) is 22.3 Å². The summed E-state index contributed by atoms with van der Waals surface area (Å²) in [4.78, 5) is 14.4. The Labute approximate surface area is 168 Å². The van der Waals surface area contributed by atoms with E-state index in [9.17, 15) is 4.79 Å². The second-order valence-corrected chi connectivity index (χ2v) is 7.38. The van der Waals surface area contributed by atoms with E-state index in [0.717, 1.165) is 11.6 Å². The molecule has 2 heterocycles. The van der Waals surface area contributed by atoms with Crippen LogP contribution < -0.4 is 0 Å². The van der Waals surface area contributed by atoms with Gasteiger partial charge in [0.25, 0.3) is 0 Å². The molecule has 0 fully saturated rings. The summed E-state index contributed by atoms with van der Waals surface area (Å²) in [5, 5.41) is 17.4. The van der Waals surface area contributed by atoms with E-state index < -0.39 is 0 Å². The molecule has 5 rings (SSSR count). The number of carbonyl (C=O) groups is 1. The van der Waals surface area contributed by atoms with Crippen LogP contribution in [0.4, 0.5) is 4.79 Å². The number of benzene rings is 2. The molecule has 3 aromatic rings. The zero-order valence-electron chi connectivity index (χ0n) is 16.0. The van der Waals surface area contributed by atoms with Crippen molar-refractivity contribution >= 4 is 6.09 Å². The van der Waals surface area contributed by atoms with Crippen molar-refractivity contribution in [1.29, 1.82) is 0 Å². The molecule has 2 aromatic carbocycles. The number of aliphatic hydroxyl groups is 1. The average Bonchev–Trinajstić information content (AvgIpc) is 3.31. The van der Waals surface area contributed by atoms with Gasteiger partial charge in [-0.2, -0.15) is 0 Å². The van der Waals surface area contributed by atoms with E-state index in [1.807, 2.05) is 28.8 Å². The Morgan fingerprint density at radius 3 is 2.41 bits per heavy atom. The monoisotopic (exact) mass is 390 g/mol. The first kappa shape index (κ1) is 17.9. The van der Waals surface area contributed by atoms with E-state index in [1.165, 1.54) is 22.3 Å². The number of aromatic nitrogens is 3. The van der Waals surface area contributed by atoms with Crippen molar-refractivity contribution in [2.75, 3.05) is 19.8 Å². The van der Waals surface area contributed by atoms with Gasteiger partial charge >= 0.3 is 6.09 Å². The molecule has 0 atom stereocenters. The molecule has 1 aliphatic carbocycles. The highest BCUT2D eigenvalue weighted by atomic mass is 16.6. The Morgan fingerprint density at radius 2 is 1.72 bits per heavy atom. The van der Waals surface area contributed by atoms with E-state index in [0.29, 0.717) is 32.7 Å². The van der Waals surface area contributed by atoms with E-state index in [4.69, 9.17) is 9.84 Å². The third-order valence-electron chi connectivity index (χ3n) is 5.76. The maximum atomic E-state index is 12.7. The highest BCUT2D eigenvalue weighted by Gasteiger charge is 2.31. The molecule has 0 saturated carbocycles. The Bertz CT molecular complexity index is 1020. The summed E-state index contributed by atoms with van der Waals surface area (Å²) in [6.45, 7) is 1.87. The third-order valence-corrected chi connectivity index (χ3v) is 5.76. The van der Waals surface area contributed by atoms with Gasteiger partial charge in [0.15, 0.2) is 5.82 Å². The number of aliphatic hydroxyl groups excluding tert-OH is 1. The Morgan fingerprint density at radius 1 is 1.03 bits per heavy atom. The lowest BCUT2D eigenvalue weighted by Crippen LogP contribution is -2.39. The summed E-state index contributed by atoms with van der Waals surface area (Å²) >= 11 is 0. The smallest absolute Gasteiger partial charge is 0.410 e. The summed E-state index contributed by atoms with van der Waals surface area (Å²) in [5.74, 6) is 1.54. The van der Waals surface area contributed by atoms with Crippen LogP contribution in [0.3, 0.4) is 0 Å². The molecule has 148 valence electrons. The lowest BCUT2D eigenvalue weighted by atomic mass is 9.98. The summed E-state index contributed by atoms with van der Waals surface area (Å²) in [6, 6.07) is 16.6. The number of rotatable bonds is 4. The van der Waals surface area contributed by atoms with Gasteiger partial charge in [-0.3, -0.25) is 4.90 Å². The van der Waals surface area contributed by atoms with Gasteiger partial charge < -0.3 is 14.4 Å². The van der Waals surface area contributed by atoms with E-state index >= 15 is 0 Å². The average molecular weight is 390 g/mol. The topological polar surface area (TPSA) is 80.5 Å². The van der Waals surface area contributed by atoms with Gasteiger partial charge in [0, 0.05) is 25.4 Å². The zero-order valence-corrected chi connectivity index (χ0v) is 16.0. The number of amides is 1. The molecule has 0 unspecified atom stereocenters. The van der Waals surface area contributed by atoms with Crippen molar-refractivity contribution in [3.05, 3.63) is 71.3 Å². The van der Waals surface area contributed by atoms with Gasteiger partial charge in [0.05, 0.1) is 13.2 Å². The van der Waals surface area contributed by atoms with Crippen LogP contribution in [0.15, 0.2) is 48.5 Å². The van der Waals surface area contributed by atoms with Crippen molar-refractivity contribution in [3.63, 3.8) is 0 Å². The Hall–Kier alpha value is -3.19. The summed E-state index contributed by atoms with van der Waals surface area (Å²) in [6.07, 6.45) is 0.141. The van der Waals surface area contributed by atoms with Gasteiger partial charge in [-0.25, -0.2) is 4.79 Å². The normalized spacial score (nSPS) is 15.0. The first-order valence-corrected chi connectivity index (χ1v) is 9.88. The molecule has 0 saturated heterocycles. The van der Waals surface area contributed by atoms with Crippen molar-refractivity contribution in [2.24, 2.45) is 0 Å². The maximum Gasteiger partial charge on any atom is 0.410 e. The summed E-state index contributed by atoms with van der Waals surface area (Å²) in [7, 11) is 0. The molecule has 29 heavy (non-hydrogen) atoms. The van der Waals surface area contributed by atoms with E-state index in [-0.39, 0.29) is 18.6 Å². The van der Waals surface area contributed by atoms with E-state index in [1.54, 1.807) is 4.90 Å². The fraction of sp³-hybridized carbons (Fsp3) is 0.318. The molecular weight excluding hydrogens is 368 g/mol. The Kier molecular flexibility index (Phi) is 4.52. The van der Waals surface area contributed by atoms with Crippen molar-refractivity contribution in [2.45, 2.75) is 25.4 Å². The standard InChI is InChI=1S/C22H22N4O3/c27-12-9-20-23-24-21-13-25(10-11-26(20)21)22(28)29-14-19-17-7-3-1-5-15(17)16-6-2-4-8-18(16)19/h1-8,19,27H,9-14H2. The minimum atomic E-state index is -0.329. The molecule has 0 bridgehead atoms. The lowest BCUT2D eigenvalue weighted by molar-refractivity contribution is 0.0892. The van der Waals surface area contributed by atoms with Gasteiger partial charge in [0.2, 0.25) is 0 Å². The highest BCUT2D eigenvalue weighted by molar-refractivity contribution is 5.79. The first-order chi connectivity index (χ1) is 14.3. The van der Waals surface area contributed by atoms with Crippen molar-refractivity contribution in [1.82, 2.24) is 19.7 Å². The molecule has 1 aromatic heterocycles. The van der Waals surface area contributed by atoms with Crippen LogP contribution in [-0.2, 0) is 24.2 Å². The predicted molar refractivity (Wildman–Crippen MR) is 106 cm³/mol. The lowest BCUT2D eigenvalue weighted by Gasteiger charge is -2.27. The second-order valence-electron chi connectivity index (χ2n) is 7.38. The SMILES string of the molecule is O=C(OCC1c2ccccc2-c2ccccc21)N1CCn2c(CCO)nnc2C1. The maximum absolute atomic E-state index is 12.7. The number of nitrogens with zero attached hydrogens (tertiary/aromatic N) is 4. The minimum absolute atomic E-state index is 0.0359. The number of carbonyl (C=O) groups excluding carboxylic acids is 1. The van der Waals surface area contributed by atoms with Crippen LogP contribution in [0.5, 0.6) is 0 Å². The highest BCUT2D eigenvalue weighted by Crippen LogP contribution is 2.44. The predicted octanol–water partition coefficient (Wildman–Crippen LogP) is 2.58. The van der Waals surface area contributed by atoms with Gasteiger partial charge in [0.1, 0.15) is 12.4 Å². The number of fused-ring (bicyclic) bond motifs is 4. The zero-order chi connectivity index (χ0) is 19.8. The van der Waals surface area contributed by atoms with Crippen LogP contribution in [-0.4, -0.2) is 50.6 Å². The number of hydrogen-bond donors (Lipinski definition) is 1. The largest absolute Gasteiger partial charge is 0.448 e. The number of ether oxygens (including phenoxy) is 1. The van der Waals surface area contributed by atoms with Crippen molar-refractivity contribution in [3.8, 4) is 11.1 Å². The molecule has 0 radical (unpaired) electrons. The van der Waals surface area contributed by atoms with Crippen LogP contribution in [0, 0.1) is 0 Å². The molecule has 7 heteroatoms. The van der Waals surface area contributed by atoms with Gasteiger partial charge in [-0.15, -0.1) is 10.2 Å². The van der Waals surface area contributed by atoms with Crippen LogP contribution in [0.2, 0.25) is 0 Å². The minimum Gasteiger partial charge on any atom is -0.448 e. The van der Waals surface area contributed by atoms with Crippen LogP contribution >= 0.6 is 0 Å². The Balaban J connectivity index is 1.29. The first-order valence-electron chi connectivity index (χ1n) is 9.88. The summed E-state index contributed by atoms with van der Waals surface area (Å²) < 4.78 is 7.71. The van der Waals surface area contributed by atoms with E-state index in [2.05, 4.69) is 34.5 Å². The molecule has 2 aliphatic rings. The van der Waals surface area contributed by atoms with Crippen molar-refractivity contribution < 1.29 is 14.6 Å². The van der Waals surface area contributed by atoms with Crippen LogP contribution in [0.25, 0.3) is 11.1 Å². The molecule has 1 N–H and O–H groups in total. The fourth-order valence-electron chi connectivity index (χ4n) is 4.34. The molecule has 1 amide bonds. The van der Waals surface area contributed by atoms with Gasteiger partial charge in [-0.1, -0.05) is 48.5 Å². The fourth-order valence-corrected chi connectivity index (χ4v) is 4.34. The molecular formula is C22H22N4O3. The molecule has 7 nitrogen and oxygen atoms in total. The number of hydrogen-bond acceptors (Lipinski definition) is 5. The summed E-state index contributed by atoms with van der Waals surface area (Å²) in [5.41, 5.74) is 4.83. The quantitative estimate of drug-likeness (QED) is 0.741. The molecule has 1 aliphatic heterocycles. The van der Waals surface area contributed by atoms with Crippen LogP contribution in [0.1, 0.15) is 28.7 Å². The molecule has 0 spiro atoms.